The van der Waals surface area contributed by atoms with Crippen molar-refractivity contribution in [3.05, 3.63) is 41.0 Å². The van der Waals surface area contributed by atoms with Crippen LogP contribution in [0.2, 0.25) is 0 Å². The number of hydrogen-bond donors (Lipinski definition) is 3. The number of nitrogens with zero attached hydrogens (tertiary/aromatic N) is 4. The molecule has 0 radical (unpaired) electrons. The molecule has 2 heterocycles. The molecule has 0 unspecified atom stereocenters. The van der Waals surface area contributed by atoms with Gasteiger partial charge in [0, 0.05) is 44.2 Å². The quantitative estimate of drug-likeness (QED) is 0.585. The summed E-state index contributed by atoms with van der Waals surface area (Å²) >= 11 is 0. The van der Waals surface area contributed by atoms with Crippen molar-refractivity contribution in [2.24, 2.45) is 11.8 Å². The number of carbonyl (C=O) groups is 1. The highest BCUT2D eigenvalue weighted by molar-refractivity contribution is 5.71. The minimum Gasteiger partial charge on any atom is -0.481 e. The molecule has 0 spiro atoms. The molecule has 0 amide bonds. The molecule has 9 heteroatoms. The molecule has 1 fully saturated rings. The second-order valence-corrected chi connectivity index (χ2v) is 8.11. The number of carboxylic acids is 1. The minimum absolute atomic E-state index is 0.198. The molecule has 1 aromatic carbocycles. The lowest BCUT2D eigenvalue weighted by Gasteiger charge is -2.27. The van der Waals surface area contributed by atoms with Gasteiger partial charge < -0.3 is 10.4 Å². The van der Waals surface area contributed by atoms with E-state index in [2.05, 4.69) is 30.8 Å². The molecule has 8 nitrogen and oxygen atoms in total. The van der Waals surface area contributed by atoms with E-state index in [0.717, 1.165) is 31.7 Å². The zero-order chi connectivity index (χ0) is 20.8. The van der Waals surface area contributed by atoms with Crippen LogP contribution in [0.3, 0.4) is 0 Å². The number of carboxylic acid groups (broad SMARTS) is 1. The highest BCUT2D eigenvalue weighted by atomic mass is 19.1. The second-order valence-electron chi connectivity index (χ2n) is 8.11. The first-order chi connectivity index (χ1) is 13.9. The number of benzene rings is 1. The fraction of sp³-hybridized carbons (Fsp3) is 0.600. The molecule has 1 saturated heterocycles. The van der Waals surface area contributed by atoms with Crippen molar-refractivity contribution >= 4 is 5.97 Å². The average Bonchev–Trinajstić information content (AvgIpc) is 3.21. The van der Waals surface area contributed by atoms with E-state index in [9.17, 15) is 14.3 Å². The summed E-state index contributed by atoms with van der Waals surface area (Å²) in [6.45, 7) is 8.17. The van der Waals surface area contributed by atoms with Crippen LogP contribution in [0, 0.1) is 17.7 Å². The first-order valence-electron chi connectivity index (χ1n) is 10.1. The number of piperazine rings is 1. The number of tetrazole rings is 1. The van der Waals surface area contributed by atoms with Crippen LogP contribution in [-0.4, -0.2) is 62.8 Å². The Bertz CT molecular complexity index is 792. The van der Waals surface area contributed by atoms with Gasteiger partial charge in [-0.15, -0.1) is 10.2 Å². The van der Waals surface area contributed by atoms with Crippen LogP contribution in [0.1, 0.15) is 43.1 Å². The summed E-state index contributed by atoms with van der Waals surface area (Å²) in [6, 6.07) is 5.19. The van der Waals surface area contributed by atoms with Crippen LogP contribution in [0.4, 0.5) is 4.39 Å². The van der Waals surface area contributed by atoms with Gasteiger partial charge in [-0.2, -0.15) is 5.21 Å². The van der Waals surface area contributed by atoms with E-state index in [0.29, 0.717) is 30.8 Å². The Morgan fingerprint density at radius 3 is 2.66 bits per heavy atom. The number of H-pyrrole nitrogens is 1. The molecule has 2 aromatic rings. The number of halogens is 1. The summed E-state index contributed by atoms with van der Waals surface area (Å²) < 4.78 is 14.8. The van der Waals surface area contributed by atoms with Crippen molar-refractivity contribution in [2.45, 2.75) is 39.2 Å². The molecule has 3 rings (SSSR count). The normalized spacial score (nSPS) is 17.4. The molecule has 158 valence electrons. The molecule has 0 aliphatic carbocycles. The average molecular weight is 404 g/mol. The van der Waals surface area contributed by atoms with Gasteiger partial charge >= 0.3 is 5.97 Å². The van der Waals surface area contributed by atoms with Gasteiger partial charge in [-0.05, 0) is 30.4 Å². The summed E-state index contributed by atoms with van der Waals surface area (Å²) in [5.74, 6) is -1.76. The van der Waals surface area contributed by atoms with Crippen LogP contribution in [-0.2, 0) is 17.8 Å². The van der Waals surface area contributed by atoms with Gasteiger partial charge in [0.1, 0.15) is 5.82 Å². The van der Waals surface area contributed by atoms with E-state index in [4.69, 9.17) is 0 Å². The highest BCUT2D eigenvalue weighted by Crippen LogP contribution is 2.31. The Morgan fingerprint density at radius 2 is 2.07 bits per heavy atom. The van der Waals surface area contributed by atoms with E-state index in [-0.39, 0.29) is 11.7 Å². The standard InChI is InChI=1S/C20H29FN6O2/c1-13(2)9-17(20(28)29)16(19-23-25-26-24-19)10-14-3-4-15(18(21)11-14)12-27-7-5-22-6-8-27/h3-4,11,13,16-17,22H,5-10,12H2,1-2H3,(H,28,29)(H,23,24,25,26)/t16-,17-/m0/s1. The maximum Gasteiger partial charge on any atom is 0.307 e. The lowest BCUT2D eigenvalue weighted by atomic mass is 9.81. The number of aromatic nitrogens is 4. The van der Waals surface area contributed by atoms with Gasteiger partial charge in [0.15, 0.2) is 5.82 Å². The third-order valence-corrected chi connectivity index (χ3v) is 5.40. The first-order valence-corrected chi connectivity index (χ1v) is 10.1. The zero-order valence-electron chi connectivity index (χ0n) is 16.9. The predicted molar refractivity (Wildman–Crippen MR) is 106 cm³/mol. The fourth-order valence-electron chi connectivity index (χ4n) is 3.90. The van der Waals surface area contributed by atoms with Gasteiger partial charge in [-0.25, -0.2) is 4.39 Å². The summed E-state index contributed by atoms with van der Waals surface area (Å²) in [6.07, 6.45) is 0.826. The molecule has 1 aromatic heterocycles. The largest absolute Gasteiger partial charge is 0.481 e. The zero-order valence-corrected chi connectivity index (χ0v) is 16.9. The topological polar surface area (TPSA) is 107 Å². The van der Waals surface area contributed by atoms with Gasteiger partial charge in [0.2, 0.25) is 0 Å². The number of aromatic amines is 1. The Morgan fingerprint density at radius 1 is 1.31 bits per heavy atom. The van der Waals surface area contributed by atoms with E-state index in [1.807, 2.05) is 19.9 Å². The summed E-state index contributed by atoms with van der Waals surface area (Å²) in [4.78, 5) is 14.2. The third kappa shape index (κ3) is 5.80. The Hall–Kier alpha value is -2.39. The highest BCUT2D eigenvalue weighted by Gasteiger charge is 2.33. The minimum atomic E-state index is -0.899. The lowest BCUT2D eigenvalue weighted by molar-refractivity contribution is -0.143. The SMILES string of the molecule is CC(C)C[C@H](C(=O)O)[C@H](Cc1ccc(CN2CCNCC2)c(F)c1)c1nn[nH]n1. The van der Waals surface area contributed by atoms with Crippen LogP contribution in [0.25, 0.3) is 0 Å². The van der Waals surface area contributed by atoms with Crippen LogP contribution >= 0.6 is 0 Å². The molecular formula is C20H29FN6O2. The van der Waals surface area contributed by atoms with Gasteiger partial charge in [-0.1, -0.05) is 31.2 Å². The number of hydrogen-bond acceptors (Lipinski definition) is 6. The van der Waals surface area contributed by atoms with Crippen molar-refractivity contribution in [2.75, 3.05) is 26.2 Å². The van der Waals surface area contributed by atoms with Crippen molar-refractivity contribution < 1.29 is 14.3 Å². The van der Waals surface area contributed by atoms with Gasteiger partial charge in [0.05, 0.1) is 5.92 Å². The van der Waals surface area contributed by atoms with Crippen molar-refractivity contribution in [1.29, 1.82) is 0 Å². The molecule has 2 atom stereocenters. The Balaban J connectivity index is 1.78. The molecular weight excluding hydrogens is 375 g/mol. The Labute approximate surface area is 169 Å². The summed E-state index contributed by atoms with van der Waals surface area (Å²) in [5.41, 5.74) is 1.39. The third-order valence-electron chi connectivity index (χ3n) is 5.40. The van der Waals surface area contributed by atoms with Crippen LogP contribution < -0.4 is 5.32 Å². The summed E-state index contributed by atoms with van der Waals surface area (Å²) in [7, 11) is 0. The molecule has 3 N–H and O–H groups in total. The summed E-state index contributed by atoms with van der Waals surface area (Å²) in [5, 5.41) is 27.1. The first kappa shape index (κ1) is 21.3. The molecule has 1 aliphatic heterocycles. The van der Waals surface area contributed by atoms with E-state index in [1.165, 1.54) is 6.07 Å². The van der Waals surface area contributed by atoms with Gasteiger partial charge in [0.25, 0.3) is 0 Å². The van der Waals surface area contributed by atoms with Crippen LogP contribution in [0.15, 0.2) is 18.2 Å². The Kier molecular flexibility index (Phi) is 7.27. The molecule has 1 aliphatic rings. The smallest absolute Gasteiger partial charge is 0.307 e. The molecule has 0 bridgehead atoms. The van der Waals surface area contributed by atoms with Crippen LogP contribution in [0.5, 0.6) is 0 Å². The van der Waals surface area contributed by atoms with E-state index >= 15 is 0 Å². The maximum atomic E-state index is 14.8. The maximum absolute atomic E-state index is 14.8. The lowest BCUT2D eigenvalue weighted by Crippen LogP contribution is -2.43. The number of rotatable bonds is 9. The van der Waals surface area contributed by atoms with E-state index in [1.54, 1.807) is 6.07 Å². The number of nitrogens with one attached hydrogen (secondary N) is 2. The second kappa shape index (κ2) is 9.89. The fourth-order valence-corrected chi connectivity index (χ4v) is 3.90. The monoisotopic (exact) mass is 404 g/mol. The van der Waals surface area contributed by atoms with Gasteiger partial charge in [-0.3, -0.25) is 9.69 Å². The molecule has 0 saturated carbocycles. The van der Waals surface area contributed by atoms with Crippen molar-refractivity contribution in [3.63, 3.8) is 0 Å². The van der Waals surface area contributed by atoms with E-state index < -0.39 is 17.8 Å². The van der Waals surface area contributed by atoms with Crippen molar-refractivity contribution in [3.8, 4) is 0 Å². The number of aliphatic carboxylic acids is 1. The van der Waals surface area contributed by atoms with Crippen molar-refractivity contribution in [1.82, 2.24) is 30.8 Å². The molecule has 29 heavy (non-hydrogen) atoms. The predicted octanol–water partition coefficient (Wildman–Crippen LogP) is 1.82.